The smallest absolute Gasteiger partial charge is 0.317 e. The minimum absolute atomic E-state index is 0.0347. The Morgan fingerprint density at radius 1 is 1.42 bits per heavy atom. The number of aryl methyl sites for hydroxylation is 1. The van der Waals surface area contributed by atoms with Gasteiger partial charge in [-0.1, -0.05) is 18.2 Å². The number of hydrogen-bond acceptors (Lipinski definition) is 4. The second kappa shape index (κ2) is 7.00. The Morgan fingerprint density at radius 2 is 2.17 bits per heavy atom. The third kappa shape index (κ3) is 3.56. The van der Waals surface area contributed by atoms with Gasteiger partial charge in [0.25, 0.3) is 0 Å². The average Bonchev–Trinajstić information content (AvgIpc) is 3.14. The van der Waals surface area contributed by atoms with Gasteiger partial charge in [0, 0.05) is 30.6 Å². The van der Waals surface area contributed by atoms with Crippen molar-refractivity contribution in [2.45, 2.75) is 25.9 Å². The first-order valence-electron chi connectivity index (χ1n) is 7.80. The lowest BCUT2D eigenvalue weighted by Gasteiger charge is -2.21. The molecule has 0 radical (unpaired) electrons. The van der Waals surface area contributed by atoms with Gasteiger partial charge in [0.15, 0.2) is 0 Å². The van der Waals surface area contributed by atoms with Crippen LogP contribution >= 0.6 is 11.3 Å². The van der Waals surface area contributed by atoms with Crippen LogP contribution < -0.4 is 10.2 Å². The molecule has 0 bridgehead atoms. The topological polar surface area (TPSA) is 65.5 Å². The third-order valence-electron chi connectivity index (χ3n) is 4.09. The van der Waals surface area contributed by atoms with E-state index in [0.29, 0.717) is 19.5 Å². The average molecular weight is 344 g/mol. The van der Waals surface area contributed by atoms with Crippen LogP contribution in [0.3, 0.4) is 0 Å². The minimum Gasteiger partial charge on any atom is -0.333 e. The highest BCUT2D eigenvalue weighted by molar-refractivity contribution is 7.09. The molecule has 126 valence electrons. The predicted octanol–water partition coefficient (Wildman–Crippen LogP) is 2.40. The molecule has 1 saturated heterocycles. The fourth-order valence-corrected chi connectivity index (χ4v) is 3.54. The third-order valence-corrected chi connectivity index (χ3v) is 5.01. The van der Waals surface area contributed by atoms with E-state index in [-0.39, 0.29) is 18.0 Å². The molecule has 1 N–H and O–H groups in total. The molecule has 3 rings (SSSR count). The van der Waals surface area contributed by atoms with Crippen molar-refractivity contribution in [1.29, 1.82) is 0 Å². The number of anilines is 1. The standard InChI is InChI=1S/C17H20N4O2S/c1-12-15(24-11-18-12)10-20(2)17(23)19-13-8-16(22)21(9-13)14-6-4-3-5-7-14/h3-7,11,13H,8-10H2,1-2H3,(H,19,23)/t13-/m0/s1. The van der Waals surface area contributed by atoms with E-state index in [2.05, 4.69) is 10.3 Å². The second-order valence-corrected chi connectivity index (χ2v) is 6.85. The van der Waals surface area contributed by atoms with E-state index in [4.69, 9.17) is 0 Å². The SMILES string of the molecule is Cc1ncsc1CN(C)C(=O)N[C@H]1CC(=O)N(c2ccccc2)C1. The minimum atomic E-state index is -0.171. The van der Waals surface area contributed by atoms with E-state index >= 15 is 0 Å². The van der Waals surface area contributed by atoms with Gasteiger partial charge in [-0.15, -0.1) is 11.3 Å². The Bertz CT molecular complexity index is 731. The number of hydrogen-bond donors (Lipinski definition) is 1. The molecule has 24 heavy (non-hydrogen) atoms. The lowest BCUT2D eigenvalue weighted by atomic mass is 10.2. The highest BCUT2D eigenvalue weighted by Gasteiger charge is 2.32. The molecule has 1 aliphatic heterocycles. The molecule has 0 spiro atoms. The first kappa shape index (κ1) is 16.4. The van der Waals surface area contributed by atoms with E-state index < -0.39 is 0 Å². The van der Waals surface area contributed by atoms with Crippen molar-refractivity contribution in [3.63, 3.8) is 0 Å². The maximum absolute atomic E-state index is 12.4. The number of para-hydroxylation sites is 1. The number of aromatic nitrogens is 1. The Hall–Kier alpha value is -2.41. The number of thiazole rings is 1. The lowest BCUT2D eigenvalue weighted by molar-refractivity contribution is -0.117. The zero-order chi connectivity index (χ0) is 17.1. The van der Waals surface area contributed by atoms with Crippen LogP contribution in [0.1, 0.15) is 17.0 Å². The van der Waals surface area contributed by atoms with Crippen LogP contribution in [0.2, 0.25) is 0 Å². The maximum atomic E-state index is 12.4. The van der Waals surface area contributed by atoms with Gasteiger partial charge in [0.2, 0.25) is 5.91 Å². The van der Waals surface area contributed by atoms with Crippen molar-refractivity contribution in [2.75, 3.05) is 18.5 Å². The van der Waals surface area contributed by atoms with E-state index in [1.54, 1.807) is 33.7 Å². The fourth-order valence-electron chi connectivity index (χ4n) is 2.71. The van der Waals surface area contributed by atoms with Crippen molar-refractivity contribution >= 4 is 29.0 Å². The van der Waals surface area contributed by atoms with Crippen molar-refractivity contribution in [2.24, 2.45) is 0 Å². The lowest BCUT2D eigenvalue weighted by Crippen LogP contribution is -2.43. The molecular weight excluding hydrogens is 324 g/mol. The number of rotatable bonds is 4. The summed E-state index contributed by atoms with van der Waals surface area (Å²) >= 11 is 1.54. The summed E-state index contributed by atoms with van der Waals surface area (Å²) in [5.74, 6) is 0.0347. The highest BCUT2D eigenvalue weighted by atomic mass is 32.1. The summed E-state index contributed by atoms with van der Waals surface area (Å²) in [6, 6.07) is 9.19. The highest BCUT2D eigenvalue weighted by Crippen LogP contribution is 2.21. The van der Waals surface area contributed by atoms with Crippen LogP contribution in [0.25, 0.3) is 0 Å². The van der Waals surface area contributed by atoms with Gasteiger partial charge >= 0.3 is 6.03 Å². The fraction of sp³-hybridized carbons (Fsp3) is 0.353. The molecule has 7 heteroatoms. The quantitative estimate of drug-likeness (QED) is 0.926. The second-order valence-electron chi connectivity index (χ2n) is 5.91. The monoisotopic (exact) mass is 344 g/mol. The van der Waals surface area contributed by atoms with Crippen molar-refractivity contribution < 1.29 is 9.59 Å². The number of nitrogens with one attached hydrogen (secondary N) is 1. The maximum Gasteiger partial charge on any atom is 0.317 e. The number of urea groups is 1. The van der Waals surface area contributed by atoms with Gasteiger partial charge in [-0.2, -0.15) is 0 Å². The summed E-state index contributed by atoms with van der Waals surface area (Å²) in [6.07, 6.45) is 0.327. The van der Waals surface area contributed by atoms with Crippen molar-refractivity contribution in [1.82, 2.24) is 15.2 Å². The molecule has 2 heterocycles. The molecular formula is C17H20N4O2S. The van der Waals surface area contributed by atoms with E-state index in [1.807, 2.05) is 37.3 Å². The summed E-state index contributed by atoms with van der Waals surface area (Å²) in [5.41, 5.74) is 3.60. The van der Waals surface area contributed by atoms with E-state index in [1.165, 1.54) is 0 Å². The largest absolute Gasteiger partial charge is 0.333 e. The molecule has 1 aliphatic rings. The molecule has 3 amide bonds. The Labute approximate surface area is 145 Å². The summed E-state index contributed by atoms with van der Waals surface area (Å²) < 4.78 is 0. The van der Waals surface area contributed by atoms with Gasteiger partial charge in [-0.25, -0.2) is 9.78 Å². The van der Waals surface area contributed by atoms with Crippen LogP contribution in [0.5, 0.6) is 0 Å². The van der Waals surface area contributed by atoms with Gasteiger partial charge in [0.05, 0.1) is 23.8 Å². The first-order chi connectivity index (χ1) is 11.5. The Balaban J connectivity index is 1.57. The van der Waals surface area contributed by atoms with Crippen LogP contribution in [0, 0.1) is 6.92 Å². The molecule has 1 atom stereocenters. The van der Waals surface area contributed by atoms with Crippen LogP contribution in [-0.2, 0) is 11.3 Å². The molecule has 0 unspecified atom stereocenters. The van der Waals surface area contributed by atoms with Crippen LogP contribution in [0.4, 0.5) is 10.5 Å². The van der Waals surface area contributed by atoms with Gasteiger partial charge in [0.1, 0.15) is 0 Å². The Morgan fingerprint density at radius 3 is 2.83 bits per heavy atom. The van der Waals surface area contributed by atoms with Gasteiger partial charge in [-0.05, 0) is 19.1 Å². The van der Waals surface area contributed by atoms with E-state index in [9.17, 15) is 9.59 Å². The number of amides is 3. The summed E-state index contributed by atoms with van der Waals surface area (Å²) in [5, 5.41) is 2.95. The number of carbonyl (C=O) groups is 2. The molecule has 1 aromatic heterocycles. The summed E-state index contributed by atoms with van der Waals surface area (Å²) in [7, 11) is 1.75. The van der Waals surface area contributed by atoms with Crippen molar-refractivity contribution in [3.8, 4) is 0 Å². The summed E-state index contributed by atoms with van der Waals surface area (Å²) in [4.78, 5) is 33.2. The molecule has 6 nitrogen and oxygen atoms in total. The Kier molecular flexibility index (Phi) is 4.80. The van der Waals surface area contributed by atoms with Crippen molar-refractivity contribution in [3.05, 3.63) is 46.4 Å². The summed E-state index contributed by atoms with van der Waals surface area (Å²) in [6.45, 7) is 2.96. The predicted molar refractivity (Wildman–Crippen MR) is 94.0 cm³/mol. The molecule has 2 aromatic rings. The zero-order valence-electron chi connectivity index (χ0n) is 13.7. The first-order valence-corrected chi connectivity index (χ1v) is 8.68. The van der Waals surface area contributed by atoms with Gasteiger partial charge < -0.3 is 15.1 Å². The number of nitrogens with zero attached hydrogens (tertiary/aromatic N) is 3. The van der Waals surface area contributed by atoms with Crippen LogP contribution in [-0.4, -0.2) is 41.5 Å². The molecule has 1 fully saturated rings. The van der Waals surface area contributed by atoms with Crippen LogP contribution in [0.15, 0.2) is 35.8 Å². The molecule has 0 saturated carbocycles. The number of carbonyl (C=O) groups excluding carboxylic acids is 2. The molecule has 0 aliphatic carbocycles. The zero-order valence-corrected chi connectivity index (χ0v) is 14.5. The molecule has 1 aromatic carbocycles. The van der Waals surface area contributed by atoms with Gasteiger partial charge in [-0.3, -0.25) is 4.79 Å². The van der Waals surface area contributed by atoms with E-state index in [0.717, 1.165) is 16.3 Å². The number of benzene rings is 1. The normalized spacial score (nSPS) is 17.2.